The number of nitrogens with one attached hydrogen (secondary N) is 4. The zero-order valence-electron chi connectivity index (χ0n) is 27.2. The van der Waals surface area contributed by atoms with E-state index in [1.807, 2.05) is 0 Å². The molecule has 6 rings (SSSR count). The van der Waals surface area contributed by atoms with Crippen molar-refractivity contribution in [3.8, 4) is 0 Å². The van der Waals surface area contributed by atoms with Crippen molar-refractivity contribution in [3.05, 3.63) is 64.8 Å². The quantitative estimate of drug-likeness (QED) is 0.203. The molecule has 4 unspecified atom stereocenters. The topological polar surface area (TPSA) is 169 Å². The molecule has 0 radical (unpaired) electrons. The van der Waals surface area contributed by atoms with Crippen LogP contribution in [0, 0.1) is 17.8 Å². The number of ketones is 1. The molecule has 0 aliphatic heterocycles. The van der Waals surface area contributed by atoms with Crippen molar-refractivity contribution < 1.29 is 28.4 Å². The zero-order chi connectivity index (χ0) is 33.8. The molecule has 12 nitrogen and oxygen atoms in total. The minimum Gasteiger partial charge on any atom is -0.451 e. The second-order valence-corrected chi connectivity index (χ2v) is 13.5. The van der Waals surface area contributed by atoms with Crippen LogP contribution in [0.3, 0.4) is 0 Å². The number of para-hydroxylation sites is 1. The normalized spacial score (nSPS) is 22.4. The third-order valence-corrected chi connectivity index (χ3v) is 10.0. The number of aromatic nitrogens is 1. The van der Waals surface area contributed by atoms with Crippen LogP contribution in [0.1, 0.15) is 81.7 Å². The van der Waals surface area contributed by atoms with E-state index >= 15 is 0 Å². The number of Topliss-reactive ketones (excluding diaryl/α,β-unsaturated/α-hetero) is 1. The van der Waals surface area contributed by atoms with E-state index in [1.54, 1.807) is 30.3 Å². The van der Waals surface area contributed by atoms with Crippen LogP contribution in [0.2, 0.25) is 0 Å². The van der Waals surface area contributed by atoms with E-state index in [1.165, 1.54) is 35.7 Å². The van der Waals surface area contributed by atoms with E-state index in [9.17, 15) is 28.8 Å². The van der Waals surface area contributed by atoms with Crippen LogP contribution in [-0.2, 0) is 25.7 Å². The Morgan fingerprint density at radius 1 is 0.979 bits per heavy atom. The van der Waals surface area contributed by atoms with Gasteiger partial charge in [-0.2, -0.15) is 0 Å². The number of hydrogen-bond donors (Lipinski definition) is 4. The number of furan rings is 1. The fraction of sp³-hybridized carbons (Fsp3) is 0.500. The lowest BCUT2D eigenvalue weighted by atomic mass is 9.64. The number of amides is 4. The third kappa shape index (κ3) is 7.86. The molecule has 3 aromatic rings. The maximum atomic E-state index is 13.5. The Hall–Kier alpha value is -4.74. The first-order valence-electron chi connectivity index (χ1n) is 17.1. The largest absolute Gasteiger partial charge is 0.451 e. The summed E-state index contributed by atoms with van der Waals surface area (Å²) >= 11 is 0. The number of carbonyl (C=O) groups is 5. The number of nitrogens with zero attached hydrogens (tertiary/aromatic N) is 1. The van der Waals surface area contributed by atoms with E-state index < -0.39 is 35.1 Å². The Bertz CT molecular complexity index is 1720. The van der Waals surface area contributed by atoms with Gasteiger partial charge in [0, 0.05) is 30.1 Å². The maximum absolute atomic E-state index is 13.5. The highest BCUT2D eigenvalue weighted by Crippen LogP contribution is 2.43. The fourth-order valence-electron chi connectivity index (χ4n) is 7.33. The first-order valence-corrected chi connectivity index (χ1v) is 17.1. The highest BCUT2D eigenvalue weighted by atomic mass is 16.3. The summed E-state index contributed by atoms with van der Waals surface area (Å²) in [5.41, 5.74) is -0.187. The van der Waals surface area contributed by atoms with Crippen LogP contribution >= 0.6 is 0 Å². The summed E-state index contributed by atoms with van der Waals surface area (Å²) in [7, 11) is 0. The number of pyridine rings is 1. The van der Waals surface area contributed by atoms with Crippen LogP contribution in [-0.4, -0.2) is 52.1 Å². The highest BCUT2D eigenvalue weighted by Gasteiger charge is 2.39. The lowest BCUT2D eigenvalue weighted by Gasteiger charge is -2.45. The van der Waals surface area contributed by atoms with E-state index in [4.69, 9.17) is 4.42 Å². The van der Waals surface area contributed by atoms with Gasteiger partial charge in [0.25, 0.3) is 17.4 Å². The lowest BCUT2D eigenvalue weighted by molar-refractivity contribution is -0.138. The summed E-state index contributed by atoms with van der Waals surface area (Å²) in [6.07, 6.45) is 9.40. The monoisotopic (exact) mass is 657 g/mol. The minimum atomic E-state index is -1.28. The van der Waals surface area contributed by atoms with Crippen LogP contribution in [0.5, 0.6) is 0 Å². The molecule has 3 saturated carbocycles. The number of fused-ring (bicyclic) bond motifs is 3. The Balaban J connectivity index is 1.13. The fourth-order valence-corrected chi connectivity index (χ4v) is 7.33. The molecular weight excluding hydrogens is 614 g/mol. The summed E-state index contributed by atoms with van der Waals surface area (Å²) in [6, 6.07) is 10.4. The maximum Gasteiger partial charge on any atom is 0.287 e. The van der Waals surface area contributed by atoms with Crippen LogP contribution in [0.25, 0.3) is 11.0 Å². The molecule has 4 N–H and O–H groups in total. The van der Waals surface area contributed by atoms with Crippen molar-refractivity contribution in [2.24, 2.45) is 17.8 Å². The van der Waals surface area contributed by atoms with Crippen molar-refractivity contribution in [2.45, 2.75) is 95.8 Å². The Morgan fingerprint density at radius 2 is 1.79 bits per heavy atom. The molecule has 48 heavy (non-hydrogen) atoms. The predicted molar refractivity (Wildman–Crippen MR) is 178 cm³/mol. The van der Waals surface area contributed by atoms with Gasteiger partial charge in [-0.1, -0.05) is 44.4 Å². The van der Waals surface area contributed by atoms with Crippen molar-refractivity contribution in [1.82, 2.24) is 20.5 Å². The standard InChI is InChI=1S/C36H43N5O7/c1-2-22-17-21-7-5-9-24(18-21)32(22)40-31(43)20-41-16-6-10-27(36(41)47)39-33(44)26(14-15-28(42)34(45)37-25-12-13-25)38-35(46)30-19-23-8-3-4-11-29(23)48-30/h3-4,6,8,10-11,16,19,21-22,24-26,32H,2,5,7,9,12-15,17-18,20H2,1H3,(H,37,45)(H,38,46)(H,39,44)(H,40,43)/t21?,22?,24?,26-,32?/m0/s1. The third-order valence-electron chi connectivity index (χ3n) is 10.0. The van der Waals surface area contributed by atoms with E-state index in [0.29, 0.717) is 22.8 Å². The van der Waals surface area contributed by atoms with Gasteiger partial charge >= 0.3 is 0 Å². The lowest BCUT2D eigenvalue weighted by Crippen LogP contribution is -2.51. The number of hydrogen-bond acceptors (Lipinski definition) is 7. The molecule has 2 heterocycles. The van der Waals surface area contributed by atoms with Crippen molar-refractivity contribution >= 4 is 46.1 Å². The van der Waals surface area contributed by atoms with Gasteiger partial charge in [0.15, 0.2) is 5.76 Å². The Morgan fingerprint density at radius 3 is 2.56 bits per heavy atom. The molecule has 12 heteroatoms. The molecule has 0 spiro atoms. The van der Waals surface area contributed by atoms with E-state index in [2.05, 4.69) is 28.2 Å². The highest BCUT2D eigenvalue weighted by molar-refractivity contribution is 6.36. The molecule has 4 amide bonds. The molecule has 5 atom stereocenters. The molecule has 2 bridgehead atoms. The molecule has 2 aromatic heterocycles. The number of benzene rings is 1. The minimum absolute atomic E-state index is 0.00831. The van der Waals surface area contributed by atoms with Crippen molar-refractivity contribution in [1.29, 1.82) is 0 Å². The van der Waals surface area contributed by atoms with Crippen molar-refractivity contribution in [2.75, 3.05) is 5.32 Å². The second-order valence-electron chi connectivity index (χ2n) is 13.5. The second kappa shape index (κ2) is 14.6. The first-order chi connectivity index (χ1) is 23.2. The van der Waals surface area contributed by atoms with Gasteiger partial charge in [-0.05, 0) is 80.5 Å². The van der Waals surface area contributed by atoms with Crippen LogP contribution in [0.4, 0.5) is 5.69 Å². The van der Waals surface area contributed by atoms with Crippen molar-refractivity contribution in [3.63, 3.8) is 0 Å². The van der Waals surface area contributed by atoms with Gasteiger partial charge in [0.1, 0.15) is 23.9 Å². The zero-order valence-corrected chi connectivity index (χ0v) is 27.2. The smallest absolute Gasteiger partial charge is 0.287 e. The number of anilines is 1. The molecule has 0 saturated heterocycles. The molecule has 3 fully saturated rings. The van der Waals surface area contributed by atoms with Gasteiger partial charge < -0.3 is 30.3 Å². The molecule has 1 aromatic carbocycles. The average molecular weight is 658 g/mol. The predicted octanol–water partition coefficient (Wildman–Crippen LogP) is 3.68. The Kier molecular flexibility index (Phi) is 10.1. The van der Waals surface area contributed by atoms with Gasteiger partial charge in [-0.3, -0.25) is 28.8 Å². The molecule has 3 aliphatic carbocycles. The molecule has 3 aliphatic rings. The van der Waals surface area contributed by atoms with Crippen LogP contribution in [0.15, 0.2) is 57.9 Å². The SMILES string of the molecule is CCC1CC2CCCC(C2)C1NC(=O)Cn1cccc(NC(=O)[C@H](CCC(=O)C(=O)NC2CC2)NC(=O)c2cc3ccccc3o2)c1=O. The van der Waals surface area contributed by atoms with Gasteiger partial charge in [-0.15, -0.1) is 0 Å². The van der Waals surface area contributed by atoms with E-state index in [0.717, 1.165) is 44.4 Å². The van der Waals surface area contributed by atoms with Gasteiger partial charge in [0.05, 0.1) is 0 Å². The van der Waals surface area contributed by atoms with E-state index in [-0.39, 0.29) is 48.8 Å². The summed E-state index contributed by atoms with van der Waals surface area (Å²) in [4.78, 5) is 78.1. The molecular formula is C36H43N5O7. The van der Waals surface area contributed by atoms with Gasteiger partial charge in [0.2, 0.25) is 17.6 Å². The summed E-state index contributed by atoms with van der Waals surface area (Å²) in [5, 5.41) is 11.7. The Labute approximate surface area is 278 Å². The average Bonchev–Trinajstić information content (AvgIpc) is 3.79. The summed E-state index contributed by atoms with van der Waals surface area (Å²) in [5.74, 6) is -1.58. The molecule has 254 valence electrons. The summed E-state index contributed by atoms with van der Waals surface area (Å²) in [6.45, 7) is 1.95. The van der Waals surface area contributed by atoms with Gasteiger partial charge in [-0.25, -0.2) is 0 Å². The summed E-state index contributed by atoms with van der Waals surface area (Å²) < 4.78 is 6.88. The first kappa shape index (κ1) is 33.2. The van der Waals surface area contributed by atoms with Crippen LogP contribution < -0.4 is 26.8 Å². The number of carbonyl (C=O) groups excluding carboxylic acids is 5. The number of rotatable bonds is 13.